The second-order valence-electron chi connectivity index (χ2n) is 4.09. The molecule has 2 rings (SSSR count). The molecular weight excluding hydrogens is 305 g/mol. The summed E-state index contributed by atoms with van der Waals surface area (Å²) in [6, 6.07) is 4.36. The zero-order valence-corrected chi connectivity index (χ0v) is 12.5. The summed E-state index contributed by atoms with van der Waals surface area (Å²) in [5, 5.41) is 9.46. The number of hydrogen-bond acceptors (Lipinski definition) is 5. The minimum Gasteiger partial charge on any atom is -0.492 e. The molecule has 0 atom stereocenters. The van der Waals surface area contributed by atoms with Gasteiger partial charge in [0, 0.05) is 5.56 Å². The Hall–Kier alpha value is -2.77. The molecule has 1 aromatic heterocycles. The molecule has 2 aromatic rings. The van der Waals surface area contributed by atoms with Crippen LogP contribution in [-0.2, 0) is 0 Å². The van der Waals surface area contributed by atoms with E-state index in [2.05, 4.69) is 15.9 Å². The molecule has 0 aliphatic heterocycles. The summed E-state index contributed by atoms with van der Waals surface area (Å²) < 4.78 is 19.0. The van der Waals surface area contributed by atoms with Gasteiger partial charge in [0.2, 0.25) is 0 Å². The Morgan fingerprint density at radius 3 is 2.77 bits per heavy atom. The number of rotatable bonds is 3. The third-order valence-electron chi connectivity index (χ3n) is 2.88. The van der Waals surface area contributed by atoms with Crippen molar-refractivity contribution in [1.29, 1.82) is 5.26 Å². The maximum atomic E-state index is 14.1. The standard InChI is InChI=1S/C15H10FN3O2S/c1-4-8-5-9(6-11(16)13(8)21-2)12-10(7-17)14(20)19-15(18-12)22-3/h1,5-6H,2-3H3,(H,18,19,20). The molecule has 1 aromatic carbocycles. The summed E-state index contributed by atoms with van der Waals surface area (Å²) in [6.07, 6.45) is 7.06. The molecule has 5 nitrogen and oxygen atoms in total. The van der Waals surface area contributed by atoms with Gasteiger partial charge in [-0.15, -0.1) is 6.42 Å². The van der Waals surface area contributed by atoms with E-state index in [0.29, 0.717) is 5.16 Å². The second kappa shape index (κ2) is 6.33. The van der Waals surface area contributed by atoms with Crippen molar-refractivity contribution in [2.45, 2.75) is 5.16 Å². The van der Waals surface area contributed by atoms with Crippen LogP contribution in [0.4, 0.5) is 4.39 Å². The number of nitriles is 1. The van der Waals surface area contributed by atoms with Crippen LogP contribution in [0.25, 0.3) is 11.3 Å². The fourth-order valence-corrected chi connectivity index (χ4v) is 2.28. The molecule has 0 aliphatic rings. The smallest absolute Gasteiger partial charge is 0.270 e. The van der Waals surface area contributed by atoms with Gasteiger partial charge in [-0.25, -0.2) is 9.37 Å². The lowest BCUT2D eigenvalue weighted by molar-refractivity contribution is 0.385. The molecule has 0 saturated heterocycles. The average Bonchev–Trinajstić information content (AvgIpc) is 2.52. The molecule has 1 heterocycles. The van der Waals surface area contributed by atoms with Crippen LogP contribution in [0.5, 0.6) is 5.75 Å². The highest BCUT2D eigenvalue weighted by molar-refractivity contribution is 7.98. The first-order valence-corrected chi connectivity index (χ1v) is 7.21. The number of hydrogen-bond donors (Lipinski definition) is 1. The quantitative estimate of drug-likeness (QED) is 0.533. The van der Waals surface area contributed by atoms with E-state index in [1.54, 1.807) is 12.3 Å². The Morgan fingerprint density at radius 2 is 2.23 bits per heavy atom. The predicted molar refractivity (Wildman–Crippen MR) is 81.2 cm³/mol. The van der Waals surface area contributed by atoms with E-state index in [1.807, 2.05) is 0 Å². The normalized spacial score (nSPS) is 9.86. The van der Waals surface area contributed by atoms with Crippen molar-refractivity contribution in [2.24, 2.45) is 0 Å². The molecular formula is C15H10FN3O2S. The second-order valence-corrected chi connectivity index (χ2v) is 4.89. The number of aromatic amines is 1. The summed E-state index contributed by atoms with van der Waals surface area (Å²) in [4.78, 5) is 18.5. The lowest BCUT2D eigenvalue weighted by Crippen LogP contribution is -2.14. The van der Waals surface area contributed by atoms with Crippen molar-refractivity contribution >= 4 is 11.8 Å². The third kappa shape index (κ3) is 2.67. The number of aromatic nitrogens is 2. The number of methoxy groups -OCH3 is 1. The third-order valence-corrected chi connectivity index (χ3v) is 3.46. The number of benzene rings is 1. The van der Waals surface area contributed by atoms with E-state index in [1.165, 1.54) is 24.9 Å². The first kappa shape index (κ1) is 15.6. The van der Waals surface area contributed by atoms with Gasteiger partial charge in [0.15, 0.2) is 16.7 Å². The number of halogens is 1. The van der Waals surface area contributed by atoms with Crippen LogP contribution >= 0.6 is 11.8 Å². The molecule has 1 N–H and O–H groups in total. The topological polar surface area (TPSA) is 78.8 Å². The first-order chi connectivity index (χ1) is 10.5. The largest absolute Gasteiger partial charge is 0.492 e. The lowest BCUT2D eigenvalue weighted by atomic mass is 10.0. The van der Waals surface area contributed by atoms with Gasteiger partial charge in [-0.1, -0.05) is 17.7 Å². The van der Waals surface area contributed by atoms with E-state index in [9.17, 15) is 9.18 Å². The Kier molecular flexibility index (Phi) is 4.50. The van der Waals surface area contributed by atoms with Crippen molar-refractivity contribution in [3.8, 4) is 35.4 Å². The van der Waals surface area contributed by atoms with E-state index >= 15 is 0 Å². The molecule has 0 unspecified atom stereocenters. The minimum absolute atomic E-state index is 0.0697. The lowest BCUT2D eigenvalue weighted by Gasteiger charge is -2.09. The SMILES string of the molecule is C#Cc1cc(-c2nc(SC)[nH]c(=O)c2C#N)cc(F)c1OC. The number of H-pyrrole nitrogens is 1. The van der Waals surface area contributed by atoms with Crippen molar-refractivity contribution < 1.29 is 9.13 Å². The summed E-state index contributed by atoms with van der Waals surface area (Å²) >= 11 is 1.20. The highest BCUT2D eigenvalue weighted by Crippen LogP contribution is 2.29. The van der Waals surface area contributed by atoms with Gasteiger partial charge < -0.3 is 9.72 Å². The summed E-state index contributed by atoms with van der Waals surface area (Å²) in [5.74, 6) is 1.55. The van der Waals surface area contributed by atoms with Gasteiger partial charge in [0.05, 0.1) is 18.4 Å². The van der Waals surface area contributed by atoms with Crippen molar-refractivity contribution in [2.75, 3.05) is 13.4 Å². The predicted octanol–water partition coefficient (Wildman–Crippen LogP) is 2.16. The van der Waals surface area contributed by atoms with Gasteiger partial charge in [0.1, 0.15) is 11.6 Å². The van der Waals surface area contributed by atoms with Crippen LogP contribution < -0.4 is 10.3 Å². The summed E-state index contributed by atoms with van der Waals surface area (Å²) in [5.41, 5.74) is -0.298. The molecule has 0 aliphatic carbocycles. The van der Waals surface area contributed by atoms with E-state index in [4.69, 9.17) is 16.4 Å². The summed E-state index contributed by atoms with van der Waals surface area (Å²) in [7, 11) is 1.30. The van der Waals surface area contributed by atoms with Crippen LogP contribution in [0, 0.1) is 29.5 Å². The van der Waals surface area contributed by atoms with Crippen LogP contribution in [-0.4, -0.2) is 23.3 Å². The number of ether oxygens (including phenoxy) is 1. The Morgan fingerprint density at radius 1 is 1.50 bits per heavy atom. The van der Waals surface area contributed by atoms with Gasteiger partial charge in [-0.05, 0) is 18.4 Å². The maximum Gasteiger partial charge on any atom is 0.270 e. The fraction of sp³-hybridized carbons (Fsp3) is 0.133. The van der Waals surface area contributed by atoms with Crippen LogP contribution in [0.3, 0.4) is 0 Å². The van der Waals surface area contributed by atoms with Crippen LogP contribution in [0.1, 0.15) is 11.1 Å². The van der Waals surface area contributed by atoms with Crippen molar-refractivity contribution in [1.82, 2.24) is 9.97 Å². The molecule has 110 valence electrons. The number of nitrogens with zero attached hydrogens (tertiary/aromatic N) is 2. The molecule has 0 spiro atoms. The molecule has 0 saturated carbocycles. The van der Waals surface area contributed by atoms with E-state index in [-0.39, 0.29) is 28.1 Å². The minimum atomic E-state index is -0.690. The number of terminal acetylenes is 1. The Labute approximate surface area is 130 Å². The van der Waals surface area contributed by atoms with Crippen LogP contribution in [0.2, 0.25) is 0 Å². The number of nitrogens with one attached hydrogen (secondary N) is 1. The highest BCUT2D eigenvalue weighted by Gasteiger charge is 2.17. The Balaban J connectivity index is 2.80. The molecule has 0 amide bonds. The van der Waals surface area contributed by atoms with Gasteiger partial charge >= 0.3 is 0 Å². The zero-order valence-electron chi connectivity index (χ0n) is 11.7. The summed E-state index contributed by atoms with van der Waals surface area (Å²) in [6.45, 7) is 0. The molecule has 0 bridgehead atoms. The first-order valence-electron chi connectivity index (χ1n) is 5.98. The monoisotopic (exact) mass is 315 g/mol. The zero-order chi connectivity index (χ0) is 16.3. The molecule has 7 heteroatoms. The van der Waals surface area contributed by atoms with E-state index in [0.717, 1.165) is 6.07 Å². The molecule has 0 radical (unpaired) electrons. The fourth-order valence-electron chi connectivity index (χ4n) is 1.91. The van der Waals surface area contributed by atoms with Crippen LogP contribution in [0.15, 0.2) is 22.1 Å². The molecule has 22 heavy (non-hydrogen) atoms. The van der Waals surface area contributed by atoms with Crippen molar-refractivity contribution in [3.05, 3.63) is 39.4 Å². The maximum absolute atomic E-state index is 14.1. The average molecular weight is 315 g/mol. The number of thioether (sulfide) groups is 1. The highest BCUT2D eigenvalue weighted by atomic mass is 32.2. The molecule has 0 fully saturated rings. The Bertz CT molecular complexity index is 878. The van der Waals surface area contributed by atoms with Gasteiger partial charge in [-0.3, -0.25) is 4.79 Å². The van der Waals surface area contributed by atoms with Gasteiger partial charge in [-0.2, -0.15) is 5.26 Å². The van der Waals surface area contributed by atoms with E-state index < -0.39 is 11.4 Å². The van der Waals surface area contributed by atoms with Gasteiger partial charge in [0.25, 0.3) is 5.56 Å². The van der Waals surface area contributed by atoms with Crippen molar-refractivity contribution in [3.63, 3.8) is 0 Å².